The predicted molar refractivity (Wildman–Crippen MR) is 72.5 cm³/mol. The topological polar surface area (TPSA) is 84.0 Å². The molecule has 1 aromatic heterocycles. The lowest BCUT2D eigenvalue weighted by Gasteiger charge is -2.19. The van der Waals surface area contributed by atoms with Crippen molar-refractivity contribution in [3.05, 3.63) is 5.01 Å². The van der Waals surface area contributed by atoms with Gasteiger partial charge in [-0.3, -0.25) is 4.72 Å². The summed E-state index contributed by atoms with van der Waals surface area (Å²) in [6.07, 6.45) is 2.67. The number of hydrogen-bond acceptors (Lipinski definition) is 6. The molecule has 0 unspecified atom stereocenters. The number of nitrogens with one attached hydrogen (secondary N) is 2. The maximum Gasteiger partial charge on any atom is 0.234 e. The van der Waals surface area contributed by atoms with Crippen molar-refractivity contribution in [2.45, 2.75) is 32.1 Å². The van der Waals surface area contributed by atoms with Gasteiger partial charge in [-0.05, 0) is 32.4 Å². The van der Waals surface area contributed by atoms with Gasteiger partial charge in [-0.2, -0.15) is 0 Å². The number of piperidine rings is 1. The summed E-state index contributed by atoms with van der Waals surface area (Å²) >= 11 is 1.35. The van der Waals surface area contributed by atoms with Crippen molar-refractivity contribution in [1.29, 1.82) is 0 Å². The van der Waals surface area contributed by atoms with Crippen LogP contribution in [-0.4, -0.2) is 37.5 Å². The van der Waals surface area contributed by atoms with E-state index < -0.39 is 10.0 Å². The second kappa shape index (κ2) is 5.94. The van der Waals surface area contributed by atoms with Crippen LogP contribution >= 0.6 is 11.3 Å². The fraction of sp³-hybridized carbons (Fsp3) is 0.800. The molecular weight excluding hydrogens is 272 g/mol. The molecule has 0 saturated carbocycles. The molecule has 1 aromatic rings. The Balaban J connectivity index is 2.01. The molecule has 0 aromatic carbocycles. The smallest absolute Gasteiger partial charge is 0.234 e. The normalized spacial score (nSPS) is 17.8. The van der Waals surface area contributed by atoms with Gasteiger partial charge in [0, 0.05) is 5.92 Å². The Morgan fingerprint density at radius 2 is 2.11 bits per heavy atom. The Bertz CT molecular complexity index is 480. The molecule has 1 fully saturated rings. The molecule has 0 atom stereocenters. The second-order valence-electron chi connectivity index (χ2n) is 4.39. The van der Waals surface area contributed by atoms with E-state index in [1.165, 1.54) is 11.3 Å². The Labute approximate surface area is 111 Å². The Kier molecular flexibility index (Phi) is 4.52. The minimum atomic E-state index is -3.26. The van der Waals surface area contributed by atoms with E-state index in [2.05, 4.69) is 20.2 Å². The van der Waals surface area contributed by atoms with E-state index >= 15 is 0 Å². The summed E-state index contributed by atoms with van der Waals surface area (Å²) in [5.41, 5.74) is 0. The van der Waals surface area contributed by atoms with Crippen LogP contribution in [0.5, 0.6) is 0 Å². The molecule has 0 spiro atoms. The van der Waals surface area contributed by atoms with Crippen molar-refractivity contribution in [3.63, 3.8) is 0 Å². The van der Waals surface area contributed by atoms with Gasteiger partial charge < -0.3 is 5.32 Å². The van der Waals surface area contributed by atoms with E-state index in [0.29, 0.717) is 17.5 Å². The molecule has 1 saturated heterocycles. The molecule has 0 radical (unpaired) electrons. The third-order valence-electron chi connectivity index (χ3n) is 2.84. The average molecular weight is 290 g/mol. The molecular formula is C10H18N4O2S2. The van der Waals surface area contributed by atoms with Crippen molar-refractivity contribution in [3.8, 4) is 0 Å². The van der Waals surface area contributed by atoms with Gasteiger partial charge in [-0.25, -0.2) is 8.42 Å². The number of anilines is 1. The summed E-state index contributed by atoms with van der Waals surface area (Å²) < 4.78 is 25.7. The summed E-state index contributed by atoms with van der Waals surface area (Å²) in [5.74, 6) is 0.531. The summed E-state index contributed by atoms with van der Waals surface area (Å²) in [4.78, 5) is 0. The first kappa shape index (κ1) is 13.7. The molecule has 6 nitrogen and oxygen atoms in total. The summed E-state index contributed by atoms with van der Waals surface area (Å²) in [6.45, 7) is 3.81. The molecule has 102 valence electrons. The third kappa shape index (κ3) is 3.63. The van der Waals surface area contributed by atoms with Crippen LogP contribution in [0.25, 0.3) is 0 Å². The van der Waals surface area contributed by atoms with Crippen molar-refractivity contribution in [2.75, 3.05) is 23.6 Å². The van der Waals surface area contributed by atoms with Crippen LogP contribution in [-0.2, 0) is 10.0 Å². The highest BCUT2D eigenvalue weighted by atomic mass is 32.2. The SMILES string of the molecule is CCCS(=O)(=O)Nc1nnc(C2CCNCC2)s1. The van der Waals surface area contributed by atoms with Crippen LogP contribution in [0.3, 0.4) is 0 Å². The maximum atomic E-state index is 11.6. The molecule has 1 aliphatic heterocycles. The minimum Gasteiger partial charge on any atom is -0.317 e. The lowest BCUT2D eigenvalue weighted by atomic mass is 9.99. The van der Waals surface area contributed by atoms with Crippen LogP contribution in [0.4, 0.5) is 5.13 Å². The van der Waals surface area contributed by atoms with E-state index in [9.17, 15) is 8.42 Å². The van der Waals surface area contributed by atoms with Crippen molar-refractivity contribution < 1.29 is 8.42 Å². The summed E-state index contributed by atoms with van der Waals surface area (Å²) in [5, 5.41) is 12.6. The fourth-order valence-corrected chi connectivity index (χ4v) is 4.22. The first-order valence-electron chi connectivity index (χ1n) is 6.15. The molecule has 2 heterocycles. The number of rotatable bonds is 5. The monoisotopic (exact) mass is 290 g/mol. The third-order valence-corrected chi connectivity index (χ3v) is 5.43. The molecule has 18 heavy (non-hydrogen) atoms. The van der Waals surface area contributed by atoms with Gasteiger partial charge in [0.1, 0.15) is 5.01 Å². The lowest BCUT2D eigenvalue weighted by molar-refractivity contribution is 0.457. The predicted octanol–water partition coefficient (Wildman–Crippen LogP) is 1.16. The van der Waals surface area contributed by atoms with Crippen LogP contribution in [0.15, 0.2) is 0 Å². The zero-order chi connectivity index (χ0) is 13.0. The average Bonchev–Trinajstić information content (AvgIpc) is 2.77. The Morgan fingerprint density at radius 1 is 1.39 bits per heavy atom. The van der Waals surface area contributed by atoms with Crippen LogP contribution < -0.4 is 10.0 Å². The highest BCUT2D eigenvalue weighted by Gasteiger charge is 2.20. The van der Waals surface area contributed by atoms with Gasteiger partial charge in [-0.15, -0.1) is 10.2 Å². The number of hydrogen-bond donors (Lipinski definition) is 2. The largest absolute Gasteiger partial charge is 0.317 e. The minimum absolute atomic E-state index is 0.120. The Morgan fingerprint density at radius 3 is 2.78 bits per heavy atom. The zero-order valence-corrected chi connectivity index (χ0v) is 12.0. The summed E-state index contributed by atoms with van der Waals surface area (Å²) in [6, 6.07) is 0. The van der Waals surface area contributed by atoms with Gasteiger partial charge in [0.05, 0.1) is 5.75 Å². The number of nitrogens with zero attached hydrogens (tertiary/aromatic N) is 2. The van der Waals surface area contributed by atoms with Gasteiger partial charge in [0.2, 0.25) is 15.2 Å². The molecule has 0 aliphatic carbocycles. The van der Waals surface area contributed by atoms with E-state index in [1.807, 2.05) is 6.92 Å². The summed E-state index contributed by atoms with van der Waals surface area (Å²) in [7, 11) is -3.26. The van der Waals surface area contributed by atoms with Crippen molar-refractivity contribution >= 4 is 26.5 Å². The molecule has 2 N–H and O–H groups in total. The van der Waals surface area contributed by atoms with Crippen LogP contribution in [0.1, 0.15) is 37.1 Å². The molecule has 0 bridgehead atoms. The number of aromatic nitrogens is 2. The lowest BCUT2D eigenvalue weighted by Crippen LogP contribution is -2.26. The van der Waals surface area contributed by atoms with Gasteiger partial charge in [-0.1, -0.05) is 18.3 Å². The zero-order valence-electron chi connectivity index (χ0n) is 10.3. The highest BCUT2D eigenvalue weighted by molar-refractivity contribution is 7.92. The molecule has 0 amide bonds. The van der Waals surface area contributed by atoms with Crippen molar-refractivity contribution in [2.24, 2.45) is 0 Å². The fourth-order valence-electron chi connectivity index (χ4n) is 1.96. The van der Waals surface area contributed by atoms with Crippen molar-refractivity contribution in [1.82, 2.24) is 15.5 Å². The first-order valence-corrected chi connectivity index (χ1v) is 8.62. The van der Waals surface area contributed by atoms with Crippen LogP contribution in [0.2, 0.25) is 0 Å². The number of sulfonamides is 1. The second-order valence-corrected chi connectivity index (χ2v) is 7.24. The maximum absolute atomic E-state index is 11.6. The first-order chi connectivity index (χ1) is 8.61. The van der Waals surface area contributed by atoms with E-state index in [4.69, 9.17) is 0 Å². The van der Waals surface area contributed by atoms with E-state index in [1.54, 1.807) is 0 Å². The van der Waals surface area contributed by atoms with Crippen LogP contribution in [0, 0.1) is 0 Å². The Hall–Kier alpha value is -0.730. The molecule has 1 aliphatic rings. The van der Waals surface area contributed by atoms with Gasteiger partial charge in [0.25, 0.3) is 0 Å². The quantitative estimate of drug-likeness (QED) is 0.850. The van der Waals surface area contributed by atoms with Gasteiger partial charge in [0.15, 0.2) is 0 Å². The standard InChI is InChI=1S/C10H18N4O2S2/c1-2-7-18(15,16)14-10-13-12-9(17-10)8-3-5-11-6-4-8/h8,11H,2-7H2,1H3,(H,13,14). The van der Waals surface area contributed by atoms with E-state index in [-0.39, 0.29) is 5.75 Å². The molecule has 8 heteroatoms. The molecule has 2 rings (SSSR count). The van der Waals surface area contributed by atoms with Gasteiger partial charge >= 0.3 is 0 Å². The highest BCUT2D eigenvalue weighted by Crippen LogP contribution is 2.29. The van der Waals surface area contributed by atoms with E-state index in [0.717, 1.165) is 30.9 Å².